The highest BCUT2D eigenvalue weighted by atomic mass is 16.6. The van der Waals surface area contributed by atoms with Crippen molar-refractivity contribution in [2.24, 2.45) is 5.92 Å². The first-order valence-corrected chi connectivity index (χ1v) is 10.8. The fourth-order valence-corrected chi connectivity index (χ4v) is 2.34. The van der Waals surface area contributed by atoms with Crippen molar-refractivity contribution in [3.8, 4) is 0 Å². The molecule has 0 fully saturated rings. The third-order valence-electron chi connectivity index (χ3n) is 3.92. The van der Waals surface area contributed by atoms with E-state index in [2.05, 4.69) is 38.3 Å². The van der Waals surface area contributed by atoms with E-state index in [9.17, 15) is 4.79 Å². The fourth-order valence-electron chi connectivity index (χ4n) is 2.34. The van der Waals surface area contributed by atoms with Crippen LogP contribution in [-0.2, 0) is 23.7 Å². The lowest BCUT2D eigenvalue weighted by molar-refractivity contribution is -0.122. The number of unbranched alkanes of at least 4 members (excludes halogenated alkanes) is 1. The van der Waals surface area contributed by atoms with Gasteiger partial charge in [0.05, 0.1) is 52.9 Å². The van der Waals surface area contributed by atoms with E-state index in [0.29, 0.717) is 65.3 Å². The maximum Gasteiger partial charge on any atom is 0.222 e. The fraction of sp³-hybridized carbons (Fsp3) is 0.952. The van der Waals surface area contributed by atoms with Gasteiger partial charge in [0.15, 0.2) is 0 Å². The minimum Gasteiger partial charge on any atom is -0.379 e. The van der Waals surface area contributed by atoms with Crippen LogP contribution in [0.2, 0.25) is 0 Å². The highest BCUT2D eigenvalue weighted by Crippen LogP contribution is 2.05. The van der Waals surface area contributed by atoms with E-state index in [1.54, 1.807) is 0 Å². The number of carbonyl (C=O) groups is 1. The molecule has 0 aliphatic carbocycles. The number of hydrogen-bond donors (Lipinski definition) is 2. The van der Waals surface area contributed by atoms with Crippen molar-refractivity contribution in [2.75, 3.05) is 65.9 Å². The van der Waals surface area contributed by atoms with Gasteiger partial charge < -0.3 is 29.6 Å². The summed E-state index contributed by atoms with van der Waals surface area (Å²) in [6.07, 6.45) is 3.83. The van der Waals surface area contributed by atoms with Crippen LogP contribution in [0, 0.1) is 5.92 Å². The number of nitrogens with one attached hydrogen (secondary N) is 2. The third-order valence-corrected chi connectivity index (χ3v) is 3.92. The number of carbonyl (C=O) groups excluding carboxylic acids is 1. The van der Waals surface area contributed by atoms with Gasteiger partial charge in [-0.3, -0.25) is 4.79 Å². The summed E-state index contributed by atoms with van der Waals surface area (Å²) in [7, 11) is 0. The summed E-state index contributed by atoms with van der Waals surface area (Å²) in [4.78, 5) is 11.6. The first-order valence-electron chi connectivity index (χ1n) is 10.8. The van der Waals surface area contributed by atoms with E-state index in [4.69, 9.17) is 18.9 Å². The van der Waals surface area contributed by atoms with Gasteiger partial charge in [0.25, 0.3) is 0 Å². The highest BCUT2D eigenvalue weighted by molar-refractivity contribution is 5.75. The highest BCUT2D eigenvalue weighted by Gasteiger charge is 2.01. The molecule has 1 amide bonds. The summed E-state index contributed by atoms with van der Waals surface area (Å²) in [5, 5.41) is 6.22. The van der Waals surface area contributed by atoms with Crippen LogP contribution in [0.25, 0.3) is 0 Å². The zero-order valence-corrected chi connectivity index (χ0v) is 18.6. The van der Waals surface area contributed by atoms with Gasteiger partial charge in [0.1, 0.15) is 0 Å². The van der Waals surface area contributed by atoms with E-state index in [1.165, 1.54) is 6.42 Å². The summed E-state index contributed by atoms with van der Waals surface area (Å²) in [5.74, 6) is 0.787. The molecule has 0 spiro atoms. The Labute approximate surface area is 172 Å². The average Bonchev–Trinajstić information content (AvgIpc) is 2.64. The van der Waals surface area contributed by atoms with Crippen LogP contribution in [0.15, 0.2) is 0 Å². The molecular formula is C21H44N2O5. The topological polar surface area (TPSA) is 78.1 Å². The second kappa shape index (κ2) is 21.0. The van der Waals surface area contributed by atoms with Crippen molar-refractivity contribution in [1.29, 1.82) is 0 Å². The Morgan fingerprint density at radius 3 is 1.79 bits per heavy atom. The van der Waals surface area contributed by atoms with Gasteiger partial charge in [-0.1, -0.05) is 40.5 Å². The smallest absolute Gasteiger partial charge is 0.222 e. The Morgan fingerprint density at radius 2 is 1.25 bits per heavy atom. The normalized spacial score (nSPS) is 11.5. The molecule has 0 bridgehead atoms. The molecular weight excluding hydrogens is 360 g/mol. The Morgan fingerprint density at radius 1 is 0.714 bits per heavy atom. The predicted octanol–water partition coefficient (Wildman–Crippen LogP) is 2.38. The van der Waals surface area contributed by atoms with Crippen LogP contribution in [0.1, 0.15) is 53.4 Å². The molecule has 0 atom stereocenters. The largest absolute Gasteiger partial charge is 0.379 e. The van der Waals surface area contributed by atoms with E-state index in [1.807, 2.05) is 0 Å². The van der Waals surface area contributed by atoms with E-state index in [0.717, 1.165) is 31.8 Å². The molecule has 0 aromatic carbocycles. The zero-order valence-electron chi connectivity index (χ0n) is 18.6. The van der Waals surface area contributed by atoms with Gasteiger partial charge in [-0.15, -0.1) is 0 Å². The minimum absolute atomic E-state index is 0.0565. The summed E-state index contributed by atoms with van der Waals surface area (Å²) in [6.45, 7) is 14.7. The Bertz CT molecular complexity index is 341. The summed E-state index contributed by atoms with van der Waals surface area (Å²) in [5.41, 5.74) is 0. The molecule has 0 aliphatic heterocycles. The summed E-state index contributed by atoms with van der Waals surface area (Å²) in [6, 6.07) is 0.488. The van der Waals surface area contributed by atoms with Crippen LogP contribution in [-0.4, -0.2) is 77.9 Å². The number of ether oxygens (including phenoxy) is 4. The SMILES string of the molecule is CC(C)CCCCNC(=O)CCOCCOCCOCCOCCNC(C)C. The standard InChI is InChI=1S/C21H44N2O5/c1-19(2)7-5-6-9-23-21(24)8-11-25-13-15-27-17-18-28-16-14-26-12-10-22-20(3)4/h19-20,22H,5-18H2,1-4H3,(H,23,24). The van der Waals surface area contributed by atoms with Crippen molar-refractivity contribution < 1.29 is 23.7 Å². The minimum atomic E-state index is 0.0565. The van der Waals surface area contributed by atoms with Gasteiger partial charge in [0, 0.05) is 25.6 Å². The molecule has 168 valence electrons. The van der Waals surface area contributed by atoms with Gasteiger partial charge in [0.2, 0.25) is 5.91 Å². The first kappa shape index (κ1) is 27.3. The van der Waals surface area contributed by atoms with Crippen molar-refractivity contribution in [3.63, 3.8) is 0 Å². The molecule has 0 saturated carbocycles. The van der Waals surface area contributed by atoms with Gasteiger partial charge >= 0.3 is 0 Å². The average molecular weight is 405 g/mol. The molecule has 0 aromatic heterocycles. The first-order chi connectivity index (χ1) is 13.5. The van der Waals surface area contributed by atoms with Crippen molar-refractivity contribution in [1.82, 2.24) is 10.6 Å². The maximum absolute atomic E-state index is 11.6. The molecule has 0 aliphatic rings. The van der Waals surface area contributed by atoms with E-state index >= 15 is 0 Å². The van der Waals surface area contributed by atoms with Gasteiger partial charge in [-0.05, 0) is 12.3 Å². The second-order valence-corrected chi connectivity index (χ2v) is 7.55. The van der Waals surface area contributed by atoms with Crippen LogP contribution in [0.5, 0.6) is 0 Å². The monoisotopic (exact) mass is 404 g/mol. The molecule has 0 unspecified atom stereocenters. The maximum atomic E-state index is 11.6. The van der Waals surface area contributed by atoms with Crippen LogP contribution in [0.4, 0.5) is 0 Å². The molecule has 28 heavy (non-hydrogen) atoms. The lowest BCUT2D eigenvalue weighted by Gasteiger charge is -2.09. The van der Waals surface area contributed by atoms with E-state index in [-0.39, 0.29) is 5.91 Å². The summed E-state index contributed by atoms with van der Waals surface area (Å²) < 4.78 is 21.7. The van der Waals surface area contributed by atoms with Crippen molar-refractivity contribution in [2.45, 2.75) is 59.4 Å². The van der Waals surface area contributed by atoms with Crippen LogP contribution in [0.3, 0.4) is 0 Å². The molecule has 0 heterocycles. The zero-order chi connectivity index (χ0) is 20.9. The van der Waals surface area contributed by atoms with Gasteiger partial charge in [-0.25, -0.2) is 0 Å². The second-order valence-electron chi connectivity index (χ2n) is 7.55. The van der Waals surface area contributed by atoms with Crippen LogP contribution >= 0.6 is 0 Å². The number of rotatable bonds is 21. The Balaban J connectivity index is 3.14. The third kappa shape index (κ3) is 23.3. The van der Waals surface area contributed by atoms with E-state index < -0.39 is 0 Å². The Kier molecular flexibility index (Phi) is 20.4. The molecule has 2 N–H and O–H groups in total. The van der Waals surface area contributed by atoms with Crippen molar-refractivity contribution in [3.05, 3.63) is 0 Å². The summed E-state index contributed by atoms with van der Waals surface area (Å²) >= 11 is 0. The number of amides is 1. The van der Waals surface area contributed by atoms with Gasteiger partial charge in [-0.2, -0.15) is 0 Å². The lowest BCUT2D eigenvalue weighted by Crippen LogP contribution is -2.27. The molecule has 7 heteroatoms. The molecule has 0 radical (unpaired) electrons. The molecule has 7 nitrogen and oxygen atoms in total. The van der Waals surface area contributed by atoms with Crippen LogP contribution < -0.4 is 10.6 Å². The molecule has 0 saturated heterocycles. The Hall–Kier alpha value is -0.730. The lowest BCUT2D eigenvalue weighted by atomic mass is 10.1. The quantitative estimate of drug-likeness (QED) is 0.286. The molecule has 0 rings (SSSR count). The number of hydrogen-bond acceptors (Lipinski definition) is 6. The molecule has 0 aromatic rings. The van der Waals surface area contributed by atoms with Crippen molar-refractivity contribution >= 4 is 5.91 Å². The predicted molar refractivity (Wildman–Crippen MR) is 113 cm³/mol.